The molecule has 104 valence electrons. The molecule has 2 heterocycles. The lowest BCUT2D eigenvalue weighted by Gasteiger charge is -2.31. The van der Waals surface area contributed by atoms with E-state index in [4.69, 9.17) is 0 Å². The van der Waals surface area contributed by atoms with Gasteiger partial charge >= 0.3 is 6.03 Å². The molecule has 0 unspecified atom stereocenters. The second-order valence-electron chi connectivity index (χ2n) is 5.13. The van der Waals surface area contributed by atoms with Gasteiger partial charge in [-0.3, -0.25) is 0 Å². The lowest BCUT2D eigenvalue weighted by molar-refractivity contribution is 0.186. The summed E-state index contributed by atoms with van der Waals surface area (Å²) in [4.78, 5) is 16.2. The molecule has 2 aliphatic heterocycles. The van der Waals surface area contributed by atoms with Crippen LogP contribution in [0, 0.1) is 0 Å². The number of piperidine rings is 1. The molecule has 2 amide bonds. The van der Waals surface area contributed by atoms with Gasteiger partial charge in [-0.05, 0) is 18.5 Å². The smallest absolute Gasteiger partial charge is 0.320 e. The summed E-state index contributed by atoms with van der Waals surface area (Å²) in [6.07, 6.45) is 1.05. The van der Waals surface area contributed by atoms with Crippen molar-refractivity contribution in [3.05, 3.63) is 35.9 Å². The highest BCUT2D eigenvalue weighted by atomic mass is 35.5. The van der Waals surface area contributed by atoms with Gasteiger partial charge in [0.1, 0.15) is 0 Å². The van der Waals surface area contributed by atoms with Gasteiger partial charge in [0.05, 0.1) is 12.1 Å². The molecule has 0 aliphatic carbocycles. The van der Waals surface area contributed by atoms with Crippen molar-refractivity contribution >= 4 is 18.4 Å². The van der Waals surface area contributed by atoms with E-state index in [-0.39, 0.29) is 18.4 Å². The molecular formula is C14H20ClN3O. The monoisotopic (exact) mass is 281 g/mol. The minimum absolute atomic E-state index is 0. The van der Waals surface area contributed by atoms with E-state index < -0.39 is 0 Å². The number of benzene rings is 1. The molecule has 5 heteroatoms. The summed E-state index contributed by atoms with van der Waals surface area (Å²) < 4.78 is 0. The maximum absolute atomic E-state index is 12.3. The number of halogens is 1. The highest BCUT2D eigenvalue weighted by Crippen LogP contribution is 2.27. The first kappa shape index (κ1) is 14.2. The van der Waals surface area contributed by atoms with Crippen LogP contribution in [0.3, 0.4) is 0 Å². The molecule has 1 N–H and O–H groups in total. The minimum Gasteiger partial charge on any atom is -0.321 e. The molecule has 19 heavy (non-hydrogen) atoms. The Morgan fingerprint density at radius 2 is 2.00 bits per heavy atom. The summed E-state index contributed by atoms with van der Waals surface area (Å²) in [5, 5.41) is 3.37. The second kappa shape index (κ2) is 5.80. The number of hydrogen-bond donors (Lipinski definition) is 1. The van der Waals surface area contributed by atoms with Gasteiger partial charge in [-0.15, -0.1) is 12.4 Å². The lowest BCUT2D eigenvalue weighted by Crippen LogP contribution is -2.49. The van der Waals surface area contributed by atoms with Crippen molar-refractivity contribution in [2.75, 3.05) is 20.1 Å². The third-order valence-corrected chi connectivity index (χ3v) is 4.06. The maximum Gasteiger partial charge on any atom is 0.320 e. The van der Waals surface area contributed by atoms with E-state index in [0.29, 0.717) is 12.1 Å². The number of hydrogen-bond acceptors (Lipinski definition) is 2. The number of amides is 2. The largest absolute Gasteiger partial charge is 0.321 e. The molecule has 0 saturated carbocycles. The van der Waals surface area contributed by atoms with E-state index in [9.17, 15) is 4.79 Å². The number of likely N-dealkylation sites (N-methyl/N-ethyl adjacent to an activating group) is 1. The third-order valence-electron chi connectivity index (χ3n) is 4.06. The summed E-state index contributed by atoms with van der Waals surface area (Å²) >= 11 is 0. The van der Waals surface area contributed by atoms with E-state index in [1.54, 1.807) is 0 Å². The number of carbonyl (C=O) groups is 1. The Balaban J connectivity index is 0.00000133. The van der Waals surface area contributed by atoms with Crippen LogP contribution in [0.2, 0.25) is 0 Å². The van der Waals surface area contributed by atoms with Crippen LogP contribution in [0.4, 0.5) is 4.79 Å². The number of nitrogens with zero attached hydrogens (tertiary/aromatic N) is 2. The van der Waals surface area contributed by atoms with Gasteiger partial charge in [-0.1, -0.05) is 30.3 Å². The van der Waals surface area contributed by atoms with E-state index in [1.165, 1.54) is 5.56 Å². The van der Waals surface area contributed by atoms with Gasteiger partial charge in [-0.2, -0.15) is 0 Å². The van der Waals surface area contributed by atoms with Crippen LogP contribution >= 0.6 is 12.4 Å². The fourth-order valence-corrected chi connectivity index (χ4v) is 3.04. The van der Waals surface area contributed by atoms with Gasteiger partial charge in [0.15, 0.2) is 0 Å². The minimum atomic E-state index is 0. The van der Waals surface area contributed by atoms with Crippen LogP contribution in [-0.4, -0.2) is 48.1 Å². The van der Waals surface area contributed by atoms with Crippen molar-refractivity contribution in [1.82, 2.24) is 15.1 Å². The molecule has 0 radical (unpaired) electrons. The first-order valence-electron chi connectivity index (χ1n) is 6.55. The third kappa shape index (κ3) is 2.55. The normalized spacial score (nSPS) is 26.1. The first-order chi connectivity index (χ1) is 8.77. The Labute approximate surface area is 120 Å². The lowest BCUT2D eigenvalue weighted by atomic mass is 10.0. The van der Waals surface area contributed by atoms with Crippen molar-refractivity contribution in [3.8, 4) is 0 Å². The van der Waals surface area contributed by atoms with Gasteiger partial charge in [0.25, 0.3) is 0 Å². The standard InChI is InChI=1S/C14H19N3O.ClH/c1-16-13-9-15-8-7-12(13)17(14(16)18)10-11-5-3-2-4-6-11;/h2-6,12-13,15H,7-10H2,1H3;1H/t12-,13+;/m0./s1. The first-order valence-corrected chi connectivity index (χ1v) is 6.55. The Morgan fingerprint density at radius 1 is 1.26 bits per heavy atom. The quantitative estimate of drug-likeness (QED) is 0.896. The molecule has 1 aromatic rings. The highest BCUT2D eigenvalue weighted by molar-refractivity contribution is 5.85. The molecule has 2 atom stereocenters. The van der Waals surface area contributed by atoms with E-state index in [1.807, 2.05) is 35.0 Å². The van der Waals surface area contributed by atoms with Gasteiger partial charge < -0.3 is 15.1 Å². The Kier molecular flexibility index (Phi) is 4.32. The van der Waals surface area contributed by atoms with Crippen molar-refractivity contribution < 1.29 is 4.79 Å². The number of fused-ring (bicyclic) bond motifs is 1. The number of rotatable bonds is 2. The van der Waals surface area contributed by atoms with Crippen molar-refractivity contribution in [2.45, 2.75) is 25.0 Å². The molecule has 0 bridgehead atoms. The van der Waals surface area contributed by atoms with Crippen LogP contribution in [-0.2, 0) is 6.54 Å². The van der Waals surface area contributed by atoms with E-state index >= 15 is 0 Å². The molecule has 2 saturated heterocycles. The summed E-state index contributed by atoms with van der Waals surface area (Å²) in [5.74, 6) is 0. The molecule has 2 aliphatic rings. The summed E-state index contributed by atoms with van der Waals surface area (Å²) in [5.41, 5.74) is 1.21. The van der Waals surface area contributed by atoms with Gasteiger partial charge in [-0.25, -0.2) is 4.79 Å². The van der Waals surface area contributed by atoms with E-state index in [0.717, 1.165) is 26.1 Å². The Hall–Kier alpha value is -1.26. The number of carbonyl (C=O) groups excluding carboxylic acids is 1. The second-order valence-corrected chi connectivity index (χ2v) is 5.13. The fourth-order valence-electron chi connectivity index (χ4n) is 3.04. The summed E-state index contributed by atoms with van der Waals surface area (Å²) in [6, 6.07) is 11.1. The zero-order valence-corrected chi connectivity index (χ0v) is 11.9. The molecule has 2 fully saturated rings. The average Bonchev–Trinajstić information content (AvgIpc) is 2.66. The Bertz CT molecular complexity index is 440. The molecule has 0 aromatic heterocycles. The predicted octanol–water partition coefficient (Wildman–Crippen LogP) is 1.71. The maximum atomic E-state index is 12.3. The van der Waals surface area contributed by atoms with E-state index in [2.05, 4.69) is 17.4 Å². The predicted molar refractivity (Wildman–Crippen MR) is 77.5 cm³/mol. The molecule has 1 aromatic carbocycles. The van der Waals surface area contributed by atoms with Crippen LogP contribution in [0.15, 0.2) is 30.3 Å². The van der Waals surface area contributed by atoms with Crippen molar-refractivity contribution in [3.63, 3.8) is 0 Å². The summed E-state index contributed by atoms with van der Waals surface area (Å²) in [7, 11) is 1.91. The number of urea groups is 1. The summed E-state index contributed by atoms with van der Waals surface area (Å²) in [6.45, 7) is 2.65. The van der Waals surface area contributed by atoms with Crippen LogP contribution in [0.5, 0.6) is 0 Å². The number of nitrogens with one attached hydrogen (secondary N) is 1. The average molecular weight is 282 g/mol. The molecule has 3 rings (SSSR count). The molecule has 0 spiro atoms. The topological polar surface area (TPSA) is 35.6 Å². The fraction of sp³-hybridized carbons (Fsp3) is 0.500. The van der Waals surface area contributed by atoms with Crippen LogP contribution in [0.1, 0.15) is 12.0 Å². The van der Waals surface area contributed by atoms with Crippen LogP contribution in [0.25, 0.3) is 0 Å². The molecular weight excluding hydrogens is 262 g/mol. The molecule has 4 nitrogen and oxygen atoms in total. The SMILES string of the molecule is CN1C(=O)N(Cc2ccccc2)[C@H]2CCNC[C@H]21.Cl. The van der Waals surface area contributed by atoms with Gasteiger partial charge in [0.2, 0.25) is 0 Å². The van der Waals surface area contributed by atoms with Crippen molar-refractivity contribution in [1.29, 1.82) is 0 Å². The Morgan fingerprint density at radius 3 is 2.74 bits per heavy atom. The van der Waals surface area contributed by atoms with Crippen molar-refractivity contribution in [2.24, 2.45) is 0 Å². The van der Waals surface area contributed by atoms with Gasteiger partial charge in [0, 0.05) is 20.1 Å². The zero-order valence-electron chi connectivity index (χ0n) is 11.1. The highest BCUT2D eigenvalue weighted by Gasteiger charge is 2.44. The van der Waals surface area contributed by atoms with Crippen LogP contribution < -0.4 is 5.32 Å². The zero-order chi connectivity index (χ0) is 12.5.